The van der Waals surface area contributed by atoms with Crippen molar-refractivity contribution >= 4 is 15.8 Å². The average molecular weight is 515 g/mol. The number of esters is 1. The minimum atomic E-state index is -3.26. The van der Waals surface area contributed by atoms with Crippen molar-refractivity contribution in [2.24, 2.45) is 11.3 Å². The summed E-state index contributed by atoms with van der Waals surface area (Å²) in [5.74, 6) is 0.657. The zero-order chi connectivity index (χ0) is 26.9. The molecule has 6 heteroatoms. The maximum atomic E-state index is 13.0. The Kier molecular flexibility index (Phi) is 8.00. The van der Waals surface area contributed by atoms with Crippen LogP contribution in [0.1, 0.15) is 72.4 Å². The molecule has 36 heavy (non-hydrogen) atoms. The first-order chi connectivity index (χ1) is 16.7. The van der Waals surface area contributed by atoms with E-state index < -0.39 is 20.0 Å². The predicted octanol–water partition coefficient (Wildman–Crippen LogP) is 6.27. The van der Waals surface area contributed by atoms with Crippen molar-refractivity contribution in [1.82, 2.24) is 0 Å². The number of ether oxygens (including phenoxy) is 2. The van der Waals surface area contributed by atoms with E-state index in [1.165, 1.54) is 17.2 Å². The zero-order valence-electron chi connectivity index (χ0n) is 23.1. The standard InChI is InChI=1S/C30H42O5S/c1-9-30(10-2,23-11-13-26(21(3)17-23)34-19-25-12-14-27(31)35-25)24-15-16-29(8,22(4)18-24)20-36(32,33)28(5,6)7/h11-18,22,25H,9-10,19-20H2,1-8H3/t22?,25-,29?/m0/s1. The summed E-state index contributed by atoms with van der Waals surface area (Å²) in [5, 5.41) is 0. The second kappa shape index (κ2) is 10.2. The van der Waals surface area contributed by atoms with Gasteiger partial charge in [-0.25, -0.2) is 13.2 Å². The largest absolute Gasteiger partial charge is 0.489 e. The molecule has 1 aliphatic heterocycles. The molecule has 0 radical (unpaired) electrons. The second-order valence-electron chi connectivity index (χ2n) is 11.5. The molecule has 3 rings (SSSR count). The van der Waals surface area contributed by atoms with E-state index >= 15 is 0 Å². The second-order valence-corrected chi connectivity index (χ2v) is 14.3. The minimum absolute atomic E-state index is 0.0815. The number of sulfone groups is 1. The Hall–Kier alpha value is -2.34. The van der Waals surface area contributed by atoms with Gasteiger partial charge in [0.05, 0.1) is 10.5 Å². The molecule has 0 spiro atoms. The van der Waals surface area contributed by atoms with E-state index in [0.717, 1.165) is 24.2 Å². The third-order valence-corrected chi connectivity index (χ3v) is 11.0. The number of carbonyl (C=O) groups excluding carboxylic acids is 1. The van der Waals surface area contributed by atoms with E-state index in [9.17, 15) is 13.2 Å². The summed E-state index contributed by atoms with van der Waals surface area (Å²) in [7, 11) is -3.26. The van der Waals surface area contributed by atoms with E-state index in [4.69, 9.17) is 9.47 Å². The Morgan fingerprint density at radius 1 is 1.11 bits per heavy atom. The number of cyclic esters (lactones) is 1. The Morgan fingerprint density at radius 2 is 1.78 bits per heavy atom. The molecule has 5 nitrogen and oxygen atoms in total. The minimum Gasteiger partial charge on any atom is -0.489 e. The van der Waals surface area contributed by atoms with Crippen LogP contribution >= 0.6 is 0 Å². The molecule has 2 unspecified atom stereocenters. The third kappa shape index (κ3) is 5.49. The number of aryl methyl sites for hydroxylation is 1. The van der Waals surface area contributed by atoms with Gasteiger partial charge in [0.25, 0.3) is 0 Å². The molecule has 198 valence electrons. The normalized spacial score (nSPS) is 24.6. The highest BCUT2D eigenvalue weighted by Crippen LogP contribution is 2.47. The summed E-state index contributed by atoms with van der Waals surface area (Å²) < 4.78 is 36.4. The lowest BCUT2D eigenvalue weighted by Gasteiger charge is -2.41. The highest BCUT2D eigenvalue weighted by Gasteiger charge is 2.42. The molecule has 0 bridgehead atoms. The van der Waals surface area contributed by atoms with Gasteiger partial charge in [-0.05, 0) is 75.3 Å². The monoisotopic (exact) mass is 514 g/mol. The van der Waals surface area contributed by atoms with Crippen LogP contribution in [0.15, 0.2) is 54.2 Å². The number of hydrogen-bond acceptors (Lipinski definition) is 5. The summed E-state index contributed by atoms with van der Waals surface area (Å²) in [6.45, 7) is 16.2. The van der Waals surface area contributed by atoms with Crippen molar-refractivity contribution in [3.63, 3.8) is 0 Å². The van der Waals surface area contributed by atoms with Gasteiger partial charge in [-0.2, -0.15) is 0 Å². The van der Waals surface area contributed by atoms with Gasteiger partial charge in [-0.1, -0.05) is 58.1 Å². The van der Waals surface area contributed by atoms with Crippen molar-refractivity contribution in [3.05, 3.63) is 65.3 Å². The fraction of sp³-hybridized carbons (Fsp3) is 0.567. The lowest BCUT2D eigenvalue weighted by molar-refractivity contribution is -0.139. The van der Waals surface area contributed by atoms with Gasteiger partial charge in [0, 0.05) is 16.9 Å². The summed E-state index contributed by atoms with van der Waals surface area (Å²) in [5.41, 5.74) is 2.86. The molecule has 1 aliphatic carbocycles. The molecule has 1 aromatic rings. The molecule has 0 aromatic heterocycles. The Bertz CT molecular complexity index is 1180. The van der Waals surface area contributed by atoms with E-state index in [0.29, 0.717) is 0 Å². The van der Waals surface area contributed by atoms with Crippen LogP contribution in [0.2, 0.25) is 0 Å². The van der Waals surface area contributed by atoms with Crippen LogP contribution in [0.4, 0.5) is 0 Å². The molecule has 2 aliphatic rings. The number of hydrogen-bond donors (Lipinski definition) is 0. The number of rotatable bonds is 9. The first-order valence-corrected chi connectivity index (χ1v) is 14.6. The molecule has 0 saturated heterocycles. The molecule has 1 heterocycles. The van der Waals surface area contributed by atoms with Crippen molar-refractivity contribution in [1.29, 1.82) is 0 Å². The Balaban J connectivity index is 1.86. The quantitative estimate of drug-likeness (QED) is 0.364. The van der Waals surface area contributed by atoms with Gasteiger partial charge in [0.1, 0.15) is 12.4 Å². The summed E-state index contributed by atoms with van der Waals surface area (Å²) in [4.78, 5) is 11.3. The summed E-state index contributed by atoms with van der Waals surface area (Å²) in [6, 6.07) is 6.32. The number of allylic oxidation sites excluding steroid dienone is 4. The van der Waals surface area contributed by atoms with Crippen LogP contribution in [-0.4, -0.2) is 37.6 Å². The number of carbonyl (C=O) groups is 1. The van der Waals surface area contributed by atoms with Gasteiger partial charge < -0.3 is 9.47 Å². The lowest BCUT2D eigenvalue weighted by atomic mass is 9.65. The maximum Gasteiger partial charge on any atom is 0.331 e. The molecule has 0 N–H and O–H groups in total. The zero-order valence-corrected chi connectivity index (χ0v) is 23.9. The fourth-order valence-electron chi connectivity index (χ4n) is 5.09. The van der Waals surface area contributed by atoms with Crippen molar-refractivity contribution < 1.29 is 22.7 Å². The van der Waals surface area contributed by atoms with E-state index in [2.05, 4.69) is 58.1 Å². The molecule has 1 aromatic carbocycles. The molecular formula is C30H42O5S. The average Bonchev–Trinajstić information content (AvgIpc) is 3.21. The van der Waals surface area contributed by atoms with Gasteiger partial charge in [0.2, 0.25) is 0 Å². The van der Waals surface area contributed by atoms with E-state index in [-0.39, 0.29) is 35.8 Å². The third-order valence-electron chi connectivity index (χ3n) is 8.15. The summed E-state index contributed by atoms with van der Waals surface area (Å²) >= 11 is 0. The van der Waals surface area contributed by atoms with E-state index in [1.54, 1.807) is 26.8 Å². The van der Waals surface area contributed by atoms with Gasteiger partial charge in [0.15, 0.2) is 15.9 Å². The van der Waals surface area contributed by atoms with Crippen LogP contribution in [-0.2, 0) is 24.8 Å². The maximum absolute atomic E-state index is 13.0. The topological polar surface area (TPSA) is 69.7 Å². The van der Waals surface area contributed by atoms with Gasteiger partial charge in [-0.15, -0.1) is 0 Å². The van der Waals surface area contributed by atoms with Crippen LogP contribution in [0.5, 0.6) is 5.75 Å². The Labute approximate surface area is 217 Å². The lowest BCUT2D eigenvalue weighted by Crippen LogP contribution is -2.41. The van der Waals surface area contributed by atoms with Crippen LogP contribution in [0.25, 0.3) is 0 Å². The molecule has 0 amide bonds. The van der Waals surface area contributed by atoms with Gasteiger partial charge >= 0.3 is 5.97 Å². The molecule has 0 fully saturated rings. The Morgan fingerprint density at radius 3 is 2.28 bits per heavy atom. The van der Waals surface area contributed by atoms with Crippen LogP contribution in [0.3, 0.4) is 0 Å². The molecule has 0 saturated carbocycles. The number of benzene rings is 1. The van der Waals surface area contributed by atoms with Gasteiger partial charge in [-0.3, -0.25) is 0 Å². The highest BCUT2D eigenvalue weighted by molar-refractivity contribution is 7.92. The molecular weight excluding hydrogens is 472 g/mol. The SMILES string of the molecule is CCC(CC)(C1=CC(C)C(C)(CS(=O)(=O)C(C)(C)C)C=C1)c1ccc(OC[C@@H]2C=CC(=O)O2)c(C)c1. The predicted molar refractivity (Wildman–Crippen MR) is 146 cm³/mol. The van der Waals surface area contributed by atoms with Crippen molar-refractivity contribution in [2.75, 3.05) is 12.4 Å². The first-order valence-electron chi connectivity index (χ1n) is 12.9. The van der Waals surface area contributed by atoms with E-state index in [1.807, 2.05) is 13.0 Å². The fourth-order valence-corrected chi connectivity index (χ4v) is 6.70. The first kappa shape index (κ1) is 28.2. The molecule has 3 atom stereocenters. The van der Waals surface area contributed by atoms with Crippen LogP contribution < -0.4 is 4.74 Å². The summed E-state index contributed by atoms with van der Waals surface area (Å²) in [6.07, 6.45) is 11.2. The van der Waals surface area contributed by atoms with Crippen molar-refractivity contribution in [3.8, 4) is 5.75 Å². The van der Waals surface area contributed by atoms with Crippen LogP contribution in [0, 0.1) is 18.3 Å². The smallest absolute Gasteiger partial charge is 0.331 e. The highest BCUT2D eigenvalue weighted by atomic mass is 32.2. The van der Waals surface area contributed by atoms with Crippen molar-refractivity contribution in [2.45, 2.75) is 84.5 Å².